The second kappa shape index (κ2) is 10.6. The highest BCUT2D eigenvalue weighted by Crippen LogP contribution is 2.39. The van der Waals surface area contributed by atoms with Gasteiger partial charge in [-0.05, 0) is 74.9 Å². The van der Waals surface area contributed by atoms with Crippen molar-refractivity contribution in [3.8, 4) is 5.75 Å². The van der Waals surface area contributed by atoms with Crippen LogP contribution in [0.2, 0.25) is 0 Å². The fourth-order valence-corrected chi connectivity index (χ4v) is 5.67. The number of sulfone groups is 1. The predicted octanol–water partition coefficient (Wildman–Crippen LogP) is 5.91. The van der Waals surface area contributed by atoms with E-state index in [1.807, 2.05) is 19.1 Å². The summed E-state index contributed by atoms with van der Waals surface area (Å²) in [5, 5.41) is 5.43. The molecule has 0 spiro atoms. The van der Waals surface area contributed by atoms with Crippen molar-refractivity contribution in [1.29, 1.82) is 0 Å². The molecule has 0 atom stereocenters. The summed E-state index contributed by atoms with van der Waals surface area (Å²) in [6.07, 6.45) is 6.94. The molecule has 0 unspecified atom stereocenters. The van der Waals surface area contributed by atoms with E-state index in [1.165, 1.54) is 18.8 Å². The first-order chi connectivity index (χ1) is 17.9. The maximum absolute atomic E-state index is 12.8. The zero-order chi connectivity index (χ0) is 27.5. The highest BCUT2D eigenvalue weighted by Gasteiger charge is 2.23. The summed E-state index contributed by atoms with van der Waals surface area (Å²) < 4.78 is 54.0. The number of hydrogen-bond acceptors (Lipinski definition) is 8. The van der Waals surface area contributed by atoms with Gasteiger partial charge >= 0.3 is 0 Å². The molecule has 1 heterocycles. The Hall–Kier alpha value is -3.20. The summed E-state index contributed by atoms with van der Waals surface area (Å²) >= 11 is 0. The van der Waals surface area contributed by atoms with Gasteiger partial charge in [0.15, 0.2) is 9.84 Å². The van der Waals surface area contributed by atoms with Crippen molar-refractivity contribution in [2.45, 2.75) is 68.9 Å². The monoisotopic (exact) mass is 498 g/mol. The summed E-state index contributed by atoms with van der Waals surface area (Å²) in [5.74, 6) is 0.834. The third-order valence-corrected chi connectivity index (χ3v) is 8.61. The van der Waals surface area contributed by atoms with Crippen LogP contribution in [-0.4, -0.2) is 35.7 Å². The number of benzene rings is 2. The summed E-state index contributed by atoms with van der Waals surface area (Å²) in [6, 6.07) is 10.2. The lowest BCUT2D eigenvalue weighted by Gasteiger charge is -2.25. The normalized spacial score (nSPS) is 16.3. The Morgan fingerprint density at radius 3 is 2.40 bits per heavy atom. The van der Waals surface area contributed by atoms with E-state index >= 15 is 0 Å². The lowest BCUT2D eigenvalue weighted by atomic mass is 9.82. The highest BCUT2D eigenvalue weighted by molar-refractivity contribution is 7.92. The van der Waals surface area contributed by atoms with Crippen molar-refractivity contribution < 1.29 is 17.3 Å². The minimum atomic E-state index is -3.55. The predicted molar refractivity (Wildman–Crippen MR) is 139 cm³/mol. The van der Waals surface area contributed by atoms with Crippen LogP contribution in [0.1, 0.15) is 67.1 Å². The van der Waals surface area contributed by atoms with Gasteiger partial charge in [0.2, 0.25) is 11.9 Å². The van der Waals surface area contributed by atoms with Crippen molar-refractivity contribution in [2.24, 2.45) is 0 Å². The molecule has 0 bridgehead atoms. The maximum atomic E-state index is 12.8. The minimum Gasteiger partial charge on any atom is -0.495 e. The number of nitrogens with one attached hydrogen (secondary N) is 2. The van der Waals surface area contributed by atoms with Crippen LogP contribution in [-0.2, 0) is 9.84 Å². The summed E-state index contributed by atoms with van der Waals surface area (Å²) in [7, 11) is -6.18. The minimum absolute atomic E-state index is 0.128. The summed E-state index contributed by atoms with van der Waals surface area (Å²) in [5.41, 5.74) is 2.88. The number of methoxy groups -OCH3 is 1. The van der Waals surface area contributed by atoms with Crippen molar-refractivity contribution in [2.75, 3.05) is 17.7 Å². The van der Waals surface area contributed by atoms with Crippen LogP contribution in [0, 0.1) is 6.92 Å². The van der Waals surface area contributed by atoms with Crippen LogP contribution in [0.4, 0.5) is 23.3 Å². The first kappa shape index (κ1) is 21.1. The Morgan fingerprint density at radius 2 is 1.71 bits per heavy atom. The Labute approximate surface area is 211 Å². The van der Waals surface area contributed by atoms with Crippen LogP contribution in [0.15, 0.2) is 47.6 Å². The topological polar surface area (TPSA) is 106 Å². The Bertz CT molecular complexity index is 1390. The van der Waals surface area contributed by atoms with E-state index in [2.05, 4.69) is 25.6 Å². The molecule has 2 aromatic carbocycles. The zero-order valence-electron chi connectivity index (χ0n) is 23.2. The summed E-state index contributed by atoms with van der Waals surface area (Å²) in [6.45, 7) is 5.25. The van der Waals surface area contributed by atoms with Gasteiger partial charge < -0.3 is 15.4 Å². The van der Waals surface area contributed by atoms with Crippen LogP contribution in [0.5, 0.6) is 5.75 Å². The number of nitrogens with zero attached hydrogens (tertiary/aromatic N) is 3. The zero-order valence-corrected chi connectivity index (χ0v) is 21.0. The molecule has 0 aliphatic heterocycles. The van der Waals surface area contributed by atoms with Gasteiger partial charge in [-0.1, -0.05) is 31.4 Å². The Morgan fingerprint density at radius 1 is 1.03 bits per heavy atom. The van der Waals surface area contributed by atoms with Crippen LogP contribution < -0.4 is 15.4 Å². The molecule has 1 aliphatic carbocycles. The molecule has 0 saturated heterocycles. The largest absolute Gasteiger partial charge is 0.495 e. The van der Waals surface area contributed by atoms with Crippen molar-refractivity contribution in [1.82, 2.24) is 15.0 Å². The van der Waals surface area contributed by atoms with Crippen molar-refractivity contribution in [3.05, 3.63) is 53.9 Å². The van der Waals surface area contributed by atoms with Gasteiger partial charge in [0, 0.05) is 0 Å². The Balaban J connectivity index is 1.64. The number of anilines is 4. The standard InChI is InChI=1S/C26H33N5O3S/c1-17(2)35(32,33)24-13-9-8-12-21(24)29-25-27-16-28-26(31-25)30-22-14-18(3)20(15-23(22)34-4)19-10-6-5-7-11-19/h8-9,12-17,19H,5-7,10-11H2,1-4H3,(H2,27,28,29,30,31)/i4D3. The number of ether oxygens (including phenoxy) is 1. The molecule has 1 aliphatic rings. The third-order valence-electron chi connectivity index (χ3n) is 6.40. The van der Waals surface area contributed by atoms with Gasteiger partial charge in [0.1, 0.15) is 12.1 Å². The van der Waals surface area contributed by atoms with Gasteiger partial charge in [-0.15, -0.1) is 0 Å². The average molecular weight is 499 g/mol. The molecule has 2 N–H and O–H groups in total. The van der Waals surface area contributed by atoms with E-state index in [-0.39, 0.29) is 22.5 Å². The molecule has 186 valence electrons. The van der Waals surface area contributed by atoms with Crippen LogP contribution >= 0.6 is 0 Å². The molecule has 1 fully saturated rings. The first-order valence-electron chi connectivity index (χ1n) is 13.3. The van der Waals surface area contributed by atoms with Gasteiger partial charge in [-0.3, -0.25) is 0 Å². The quantitative estimate of drug-likeness (QED) is 0.395. The molecule has 3 aromatic rings. The maximum Gasteiger partial charge on any atom is 0.232 e. The molecule has 35 heavy (non-hydrogen) atoms. The molecule has 8 nitrogen and oxygen atoms in total. The van der Waals surface area contributed by atoms with Gasteiger partial charge in [-0.2, -0.15) is 4.98 Å². The molecular weight excluding hydrogens is 462 g/mol. The van der Waals surface area contributed by atoms with E-state index < -0.39 is 22.1 Å². The van der Waals surface area contributed by atoms with E-state index in [0.717, 1.165) is 36.8 Å². The number of para-hydroxylation sites is 1. The molecular formula is C26H33N5O3S. The number of rotatable bonds is 8. The molecule has 0 radical (unpaired) electrons. The molecule has 1 saturated carbocycles. The van der Waals surface area contributed by atoms with E-state index in [9.17, 15) is 8.42 Å². The molecule has 9 heteroatoms. The van der Waals surface area contributed by atoms with E-state index in [1.54, 1.807) is 32.0 Å². The average Bonchev–Trinajstić information content (AvgIpc) is 2.86. The lowest BCUT2D eigenvalue weighted by Crippen LogP contribution is -2.16. The number of aromatic nitrogens is 3. The highest BCUT2D eigenvalue weighted by atomic mass is 32.2. The molecule has 4 rings (SSSR count). The van der Waals surface area contributed by atoms with E-state index in [4.69, 9.17) is 8.85 Å². The van der Waals surface area contributed by atoms with Crippen LogP contribution in [0.3, 0.4) is 0 Å². The lowest BCUT2D eigenvalue weighted by molar-refractivity contribution is 0.411. The van der Waals surface area contributed by atoms with Gasteiger partial charge in [-0.25, -0.2) is 18.4 Å². The fourth-order valence-electron chi connectivity index (χ4n) is 4.47. The smallest absolute Gasteiger partial charge is 0.232 e. The van der Waals surface area contributed by atoms with Crippen LogP contribution in [0.25, 0.3) is 0 Å². The van der Waals surface area contributed by atoms with Gasteiger partial charge in [0.05, 0.1) is 32.7 Å². The summed E-state index contributed by atoms with van der Waals surface area (Å²) in [4.78, 5) is 12.8. The van der Waals surface area contributed by atoms with Crippen molar-refractivity contribution in [3.63, 3.8) is 0 Å². The Kier molecular flexibility index (Phi) is 6.39. The second-order valence-electron chi connectivity index (χ2n) is 9.11. The second-order valence-corrected chi connectivity index (χ2v) is 11.6. The SMILES string of the molecule is [2H]C([2H])([2H])Oc1cc(C2CCCCC2)c(C)cc1Nc1ncnc(Nc2ccccc2S(=O)(=O)C(C)C)n1. The first-order valence-corrected chi connectivity index (χ1v) is 13.4. The van der Waals surface area contributed by atoms with Crippen molar-refractivity contribution >= 4 is 33.1 Å². The van der Waals surface area contributed by atoms with E-state index in [0.29, 0.717) is 17.3 Å². The molecule has 1 aromatic heterocycles. The number of aryl methyl sites for hydroxylation is 1. The molecule has 0 amide bonds. The van der Waals surface area contributed by atoms with Gasteiger partial charge in [0.25, 0.3) is 0 Å². The fraction of sp³-hybridized carbons (Fsp3) is 0.423. The third kappa shape index (κ3) is 5.56. The number of hydrogen-bond donors (Lipinski definition) is 2.